The van der Waals surface area contributed by atoms with Crippen molar-refractivity contribution in [2.45, 2.75) is 0 Å². The normalized spacial score (nSPS) is 10.0. The fourth-order valence-corrected chi connectivity index (χ4v) is 1.41. The maximum atomic E-state index is 12.9. The number of halogens is 2. The number of carbonyl (C=O) groups excluding carboxylic acids is 1. The third kappa shape index (κ3) is 3.04. The van der Waals surface area contributed by atoms with E-state index in [4.69, 9.17) is 16.3 Å². The zero-order valence-electron chi connectivity index (χ0n) is 8.69. The van der Waals surface area contributed by atoms with E-state index in [1.54, 1.807) is 24.3 Å². The second-order valence-electron chi connectivity index (χ2n) is 3.35. The Bertz CT molecular complexity index is 537. The standard InChI is InChI=1S/C13H8ClFO2/c14-10-6-4-9(5-7-10)13(16)17-12-3-1-2-11(15)8-12/h1-8H. The molecule has 0 atom stereocenters. The van der Waals surface area contributed by atoms with Crippen molar-refractivity contribution >= 4 is 17.6 Å². The second-order valence-corrected chi connectivity index (χ2v) is 3.79. The van der Waals surface area contributed by atoms with Gasteiger partial charge in [0.15, 0.2) is 0 Å². The lowest BCUT2D eigenvalue weighted by Gasteiger charge is -2.04. The first-order valence-corrected chi connectivity index (χ1v) is 5.26. The van der Waals surface area contributed by atoms with Crippen LogP contribution in [-0.2, 0) is 0 Å². The minimum Gasteiger partial charge on any atom is -0.423 e. The zero-order chi connectivity index (χ0) is 12.3. The van der Waals surface area contributed by atoms with E-state index in [9.17, 15) is 9.18 Å². The molecule has 2 aromatic carbocycles. The van der Waals surface area contributed by atoms with Gasteiger partial charge >= 0.3 is 5.97 Å². The van der Waals surface area contributed by atoms with E-state index in [1.807, 2.05) is 0 Å². The van der Waals surface area contributed by atoms with Crippen molar-refractivity contribution in [1.29, 1.82) is 0 Å². The van der Waals surface area contributed by atoms with Gasteiger partial charge in [0.2, 0.25) is 0 Å². The molecule has 0 aliphatic heterocycles. The molecule has 2 rings (SSSR count). The molecule has 17 heavy (non-hydrogen) atoms. The third-order valence-electron chi connectivity index (χ3n) is 2.09. The summed E-state index contributed by atoms with van der Waals surface area (Å²) in [6.45, 7) is 0. The molecule has 0 radical (unpaired) electrons. The van der Waals surface area contributed by atoms with E-state index in [0.29, 0.717) is 10.6 Å². The molecule has 86 valence electrons. The number of hydrogen-bond donors (Lipinski definition) is 0. The van der Waals surface area contributed by atoms with Gasteiger partial charge in [-0.1, -0.05) is 17.7 Å². The molecule has 0 unspecified atom stereocenters. The Morgan fingerprint density at radius 2 is 1.82 bits per heavy atom. The highest BCUT2D eigenvalue weighted by Crippen LogP contribution is 2.15. The molecule has 0 fully saturated rings. The van der Waals surface area contributed by atoms with Crippen molar-refractivity contribution in [3.8, 4) is 5.75 Å². The largest absolute Gasteiger partial charge is 0.423 e. The van der Waals surface area contributed by atoms with Crippen LogP contribution in [0.1, 0.15) is 10.4 Å². The number of hydrogen-bond acceptors (Lipinski definition) is 2. The summed E-state index contributed by atoms with van der Waals surface area (Å²) in [6, 6.07) is 11.7. The van der Waals surface area contributed by atoms with E-state index < -0.39 is 11.8 Å². The number of esters is 1. The highest BCUT2D eigenvalue weighted by molar-refractivity contribution is 6.30. The maximum absolute atomic E-state index is 12.9. The Morgan fingerprint density at radius 3 is 2.47 bits per heavy atom. The van der Waals surface area contributed by atoms with Gasteiger partial charge in [0, 0.05) is 11.1 Å². The summed E-state index contributed by atoms with van der Waals surface area (Å²) < 4.78 is 17.9. The molecule has 0 spiro atoms. The van der Waals surface area contributed by atoms with Crippen molar-refractivity contribution < 1.29 is 13.9 Å². The molecule has 0 saturated heterocycles. The smallest absolute Gasteiger partial charge is 0.343 e. The molecule has 0 aliphatic carbocycles. The van der Waals surface area contributed by atoms with Gasteiger partial charge in [-0.2, -0.15) is 0 Å². The minimum absolute atomic E-state index is 0.171. The maximum Gasteiger partial charge on any atom is 0.343 e. The zero-order valence-corrected chi connectivity index (χ0v) is 9.45. The van der Waals surface area contributed by atoms with Gasteiger partial charge in [-0.05, 0) is 36.4 Å². The lowest BCUT2D eigenvalue weighted by molar-refractivity contribution is 0.0734. The number of rotatable bonds is 2. The van der Waals surface area contributed by atoms with Crippen LogP contribution in [0.25, 0.3) is 0 Å². The van der Waals surface area contributed by atoms with Gasteiger partial charge in [0.1, 0.15) is 11.6 Å². The van der Waals surface area contributed by atoms with Crippen LogP contribution >= 0.6 is 11.6 Å². The molecular weight excluding hydrogens is 243 g/mol. The number of carbonyl (C=O) groups is 1. The first-order valence-electron chi connectivity index (χ1n) is 4.88. The van der Waals surface area contributed by atoms with Crippen molar-refractivity contribution in [1.82, 2.24) is 0 Å². The van der Waals surface area contributed by atoms with E-state index in [0.717, 1.165) is 6.07 Å². The first-order chi connectivity index (χ1) is 8.15. The van der Waals surface area contributed by atoms with E-state index in [-0.39, 0.29) is 5.75 Å². The molecule has 2 aromatic rings. The molecule has 0 amide bonds. The molecule has 0 saturated carbocycles. The van der Waals surface area contributed by atoms with Crippen LogP contribution in [0.2, 0.25) is 5.02 Å². The first kappa shape index (κ1) is 11.6. The molecule has 0 N–H and O–H groups in total. The van der Waals surface area contributed by atoms with Gasteiger partial charge in [-0.25, -0.2) is 9.18 Å². The Kier molecular flexibility index (Phi) is 3.40. The monoisotopic (exact) mass is 250 g/mol. The van der Waals surface area contributed by atoms with E-state index >= 15 is 0 Å². The molecule has 2 nitrogen and oxygen atoms in total. The molecule has 0 aromatic heterocycles. The van der Waals surface area contributed by atoms with Crippen LogP contribution in [0.5, 0.6) is 5.75 Å². The fourth-order valence-electron chi connectivity index (χ4n) is 1.28. The highest BCUT2D eigenvalue weighted by Gasteiger charge is 2.08. The van der Waals surface area contributed by atoms with Crippen LogP contribution in [0.15, 0.2) is 48.5 Å². The van der Waals surface area contributed by atoms with Crippen LogP contribution in [0.3, 0.4) is 0 Å². The van der Waals surface area contributed by atoms with Crippen molar-refractivity contribution in [2.75, 3.05) is 0 Å². The van der Waals surface area contributed by atoms with E-state index in [2.05, 4.69) is 0 Å². The number of ether oxygens (including phenoxy) is 1. The van der Waals surface area contributed by atoms with Crippen LogP contribution in [-0.4, -0.2) is 5.97 Å². The third-order valence-corrected chi connectivity index (χ3v) is 2.34. The predicted octanol–water partition coefficient (Wildman–Crippen LogP) is 3.70. The van der Waals surface area contributed by atoms with Crippen molar-refractivity contribution in [3.63, 3.8) is 0 Å². The molecule has 4 heteroatoms. The molecule has 0 heterocycles. The Labute approximate surface area is 103 Å². The fraction of sp³-hybridized carbons (Fsp3) is 0. The van der Waals surface area contributed by atoms with Crippen LogP contribution in [0, 0.1) is 5.82 Å². The van der Waals surface area contributed by atoms with Gasteiger partial charge in [-0.3, -0.25) is 0 Å². The summed E-state index contributed by atoms with van der Waals surface area (Å²) in [5, 5.41) is 0.535. The Hall–Kier alpha value is -1.87. The molecule has 0 bridgehead atoms. The lowest BCUT2D eigenvalue weighted by Crippen LogP contribution is -2.08. The molecule has 0 aliphatic rings. The molecular formula is C13H8ClFO2. The highest BCUT2D eigenvalue weighted by atomic mass is 35.5. The Morgan fingerprint density at radius 1 is 1.12 bits per heavy atom. The summed E-state index contributed by atoms with van der Waals surface area (Å²) in [4.78, 5) is 11.6. The SMILES string of the molecule is O=C(Oc1cccc(F)c1)c1ccc(Cl)cc1. The summed E-state index contributed by atoms with van der Waals surface area (Å²) >= 11 is 5.70. The lowest BCUT2D eigenvalue weighted by atomic mass is 10.2. The summed E-state index contributed by atoms with van der Waals surface area (Å²) in [5.74, 6) is -0.830. The van der Waals surface area contributed by atoms with Crippen LogP contribution in [0.4, 0.5) is 4.39 Å². The van der Waals surface area contributed by atoms with Crippen molar-refractivity contribution in [3.05, 3.63) is 64.9 Å². The van der Waals surface area contributed by atoms with Gasteiger partial charge in [-0.15, -0.1) is 0 Å². The quantitative estimate of drug-likeness (QED) is 0.600. The summed E-state index contributed by atoms with van der Waals surface area (Å²) in [6.07, 6.45) is 0. The number of benzene rings is 2. The van der Waals surface area contributed by atoms with Crippen molar-refractivity contribution in [2.24, 2.45) is 0 Å². The minimum atomic E-state index is -0.549. The predicted molar refractivity (Wildman–Crippen MR) is 62.8 cm³/mol. The average Bonchev–Trinajstić information content (AvgIpc) is 2.29. The Balaban J connectivity index is 2.14. The second kappa shape index (κ2) is 4.97. The van der Waals surface area contributed by atoms with Gasteiger partial charge < -0.3 is 4.74 Å². The topological polar surface area (TPSA) is 26.3 Å². The van der Waals surface area contributed by atoms with E-state index in [1.165, 1.54) is 18.2 Å². The van der Waals surface area contributed by atoms with Gasteiger partial charge in [0.25, 0.3) is 0 Å². The average molecular weight is 251 g/mol. The summed E-state index contributed by atoms with van der Waals surface area (Å²) in [7, 11) is 0. The summed E-state index contributed by atoms with van der Waals surface area (Å²) in [5.41, 5.74) is 0.360. The van der Waals surface area contributed by atoms with Gasteiger partial charge in [0.05, 0.1) is 5.56 Å². The van der Waals surface area contributed by atoms with Crippen LogP contribution < -0.4 is 4.74 Å².